The number of hydrogen-bond acceptors (Lipinski definition) is 4. The van der Waals surface area contributed by atoms with Crippen molar-refractivity contribution in [1.82, 2.24) is 5.32 Å². The quantitative estimate of drug-likeness (QED) is 0.455. The fourth-order valence-corrected chi connectivity index (χ4v) is 0.564. The van der Waals surface area contributed by atoms with E-state index in [1.54, 1.807) is 6.92 Å². The molecule has 70 valence electrons. The van der Waals surface area contributed by atoms with E-state index in [0.717, 1.165) is 0 Å². The van der Waals surface area contributed by atoms with Gasteiger partial charge >= 0.3 is 11.9 Å². The number of carbonyl (C=O) groups is 2. The fraction of sp³-hybridized carbons (Fsp3) is 0.667. The highest BCUT2D eigenvalue weighted by Crippen LogP contribution is 1.86. The highest BCUT2D eigenvalue weighted by molar-refractivity contribution is 5.74. The minimum Gasteiger partial charge on any atom is -0.480 e. The third kappa shape index (κ3) is 4.64. The molecule has 6 heteroatoms. The first kappa shape index (κ1) is 10.9. The van der Waals surface area contributed by atoms with Gasteiger partial charge < -0.3 is 14.9 Å². The van der Waals surface area contributed by atoms with Crippen LogP contribution in [0.3, 0.4) is 0 Å². The summed E-state index contributed by atoms with van der Waals surface area (Å²) in [5.74, 6) is -2.35. The van der Waals surface area contributed by atoms with Crippen molar-refractivity contribution in [1.29, 1.82) is 0 Å². The summed E-state index contributed by atoms with van der Waals surface area (Å²) < 4.78 is 4.68. The zero-order valence-corrected chi connectivity index (χ0v) is 6.61. The van der Waals surface area contributed by atoms with E-state index in [0.29, 0.717) is 0 Å². The molecular formula is C6H11NO5. The summed E-state index contributed by atoms with van der Waals surface area (Å²) in [5, 5.41) is 18.8. The molecule has 0 heterocycles. The van der Waals surface area contributed by atoms with Crippen LogP contribution in [-0.2, 0) is 14.3 Å². The van der Waals surface area contributed by atoms with Crippen molar-refractivity contribution in [3.63, 3.8) is 0 Å². The van der Waals surface area contributed by atoms with Crippen LogP contribution >= 0.6 is 0 Å². The maximum absolute atomic E-state index is 10.3. The van der Waals surface area contributed by atoms with Gasteiger partial charge in [0.05, 0.1) is 6.54 Å². The SMILES string of the molecule is CCOC(NCC(=O)O)C(=O)O. The standard InChI is InChI=1S/C6H11NO5/c1-2-12-5(6(10)11)7-3-4(8)9/h5,7H,2-3H2,1H3,(H,8,9)(H,10,11). The van der Waals surface area contributed by atoms with Crippen molar-refractivity contribution in [3.8, 4) is 0 Å². The molecule has 0 rings (SSSR count). The van der Waals surface area contributed by atoms with E-state index in [1.165, 1.54) is 0 Å². The molecule has 0 amide bonds. The second-order valence-electron chi connectivity index (χ2n) is 1.95. The van der Waals surface area contributed by atoms with Crippen molar-refractivity contribution in [3.05, 3.63) is 0 Å². The lowest BCUT2D eigenvalue weighted by Gasteiger charge is -2.11. The van der Waals surface area contributed by atoms with Gasteiger partial charge in [-0.05, 0) is 6.92 Å². The first-order chi connectivity index (χ1) is 5.57. The molecule has 0 aromatic carbocycles. The Hall–Kier alpha value is -1.14. The summed E-state index contributed by atoms with van der Waals surface area (Å²) >= 11 is 0. The average molecular weight is 177 g/mol. The number of rotatable bonds is 6. The van der Waals surface area contributed by atoms with E-state index in [-0.39, 0.29) is 6.61 Å². The van der Waals surface area contributed by atoms with Crippen LogP contribution in [0.25, 0.3) is 0 Å². The number of hydrogen-bond donors (Lipinski definition) is 3. The molecule has 12 heavy (non-hydrogen) atoms. The molecule has 0 saturated heterocycles. The number of aliphatic carboxylic acids is 2. The molecule has 3 N–H and O–H groups in total. The molecule has 0 aliphatic rings. The van der Waals surface area contributed by atoms with E-state index < -0.39 is 24.7 Å². The Kier molecular flexibility index (Phi) is 4.98. The topological polar surface area (TPSA) is 95.9 Å². The Balaban J connectivity index is 3.79. The second kappa shape index (κ2) is 5.50. The van der Waals surface area contributed by atoms with E-state index in [2.05, 4.69) is 10.1 Å². The Morgan fingerprint density at radius 1 is 1.50 bits per heavy atom. The first-order valence-corrected chi connectivity index (χ1v) is 3.37. The van der Waals surface area contributed by atoms with Crippen LogP contribution in [0.15, 0.2) is 0 Å². The van der Waals surface area contributed by atoms with Crippen LogP contribution < -0.4 is 5.32 Å². The maximum Gasteiger partial charge on any atom is 0.348 e. The van der Waals surface area contributed by atoms with E-state index in [4.69, 9.17) is 10.2 Å². The van der Waals surface area contributed by atoms with Gasteiger partial charge in [-0.1, -0.05) is 0 Å². The fourth-order valence-electron chi connectivity index (χ4n) is 0.564. The third-order valence-corrected chi connectivity index (χ3v) is 0.996. The normalized spacial score (nSPS) is 12.4. The molecular weight excluding hydrogens is 166 g/mol. The van der Waals surface area contributed by atoms with Crippen LogP contribution in [0.2, 0.25) is 0 Å². The molecule has 0 radical (unpaired) electrons. The summed E-state index contributed by atoms with van der Waals surface area (Å²) in [6.45, 7) is 1.40. The largest absolute Gasteiger partial charge is 0.480 e. The van der Waals surface area contributed by atoms with Crippen LogP contribution in [0.5, 0.6) is 0 Å². The van der Waals surface area contributed by atoms with Crippen molar-refractivity contribution in [2.24, 2.45) is 0 Å². The van der Waals surface area contributed by atoms with E-state index in [9.17, 15) is 9.59 Å². The van der Waals surface area contributed by atoms with Gasteiger partial charge in [-0.2, -0.15) is 0 Å². The lowest BCUT2D eigenvalue weighted by molar-refractivity contribution is -0.153. The van der Waals surface area contributed by atoms with Gasteiger partial charge in [0.1, 0.15) is 0 Å². The molecule has 0 aliphatic carbocycles. The van der Waals surface area contributed by atoms with Crippen LogP contribution in [0.1, 0.15) is 6.92 Å². The molecule has 0 fully saturated rings. The minimum absolute atomic E-state index is 0.212. The summed E-state index contributed by atoms with van der Waals surface area (Å²) in [6, 6.07) is 0. The summed E-state index contributed by atoms with van der Waals surface area (Å²) in [6.07, 6.45) is -1.24. The first-order valence-electron chi connectivity index (χ1n) is 3.37. The molecule has 0 bridgehead atoms. The highest BCUT2D eigenvalue weighted by Gasteiger charge is 2.16. The summed E-state index contributed by atoms with van der Waals surface area (Å²) in [7, 11) is 0. The van der Waals surface area contributed by atoms with Crippen molar-refractivity contribution in [2.75, 3.05) is 13.2 Å². The van der Waals surface area contributed by atoms with Gasteiger partial charge in [-0.3, -0.25) is 10.1 Å². The number of carboxylic acid groups (broad SMARTS) is 2. The lowest BCUT2D eigenvalue weighted by atomic mass is 10.5. The number of nitrogens with one attached hydrogen (secondary N) is 1. The van der Waals surface area contributed by atoms with Crippen molar-refractivity contribution in [2.45, 2.75) is 13.2 Å². The lowest BCUT2D eigenvalue weighted by Crippen LogP contribution is -2.41. The van der Waals surface area contributed by atoms with Gasteiger partial charge in [-0.25, -0.2) is 4.79 Å². The van der Waals surface area contributed by atoms with Gasteiger partial charge in [-0.15, -0.1) is 0 Å². The zero-order chi connectivity index (χ0) is 9.56. The molecule has 0 spiro atoms. The monoisotopic (exact) mass is 177 g/mol. The van der Waals surface area contributed by atoms with Crippen molar-refractivity contribution < 1.29 is 24.5 Å². The van der Waals surface area contributed by atoms with Crippen LogP contribution in [-0.4, -0.2) is 41.5 Å². The molecule has 0 aliphatic heterocycles. The maximum atomic E-state index is 10.3. The molecule has 0 aromatic rings. The van der Waals surface area contributed by atoms with Gasteiger partial charge in [0.15, 0.2) is 0 Å². The molecule has 1 unspecified atom stereocenters. The highest BCUT2D eigenvalue weighted by atomic mass is 16.5. The second-order valence-corrected chi connectivity index (χ2v) is 1.95. The molecule has 1 atom stereocenters. The summed E-state index contributed by atoms with van der Waals surface area (Å²) in [5.41, 5.74) is 0. The van der Waals surface area contributed by atoms with Gasteiger partial charge in [0, 0.05) is 6.61 Å². The van der Waals surface area contributed by atoms with Gasteiger partial charge in [0.25, 0.3) is 0 Å². The number of carboxylic acids is 2. The number of ether oxygens (including phenoxy) is 1. The Morgan fingerprint density at radius 2 is 2.08 bits per heavy atom. The summed E-state index contributed by atoms with van der Waals surface area (Å²) in [4.78, 5) is 20.3. The Bertz CT molecular complexity index is 169. The molecule has 0 saturated carbocycles. The predicted molar refractivity (Wildman–Crippen MR) is 38.7 cm³/mol. The van der Waals surface area contributed by atoms with Crippen molar-refractivity contribution >= 4 is 11.9 Å². The Morgan fingerprint density at radius 3 is 2.42 bits per heavy atom. The zero-order valence-electron chi connectivity index (χ0n) is 6.61. The third-order valence-electron chi connectivity index (χ3n) is 0.996. The van der Waals surface area contributed by atoms with E-state index >= 15 is 0 Å². The minimum atomic E-state index is -1.24. The average Bonchev–Trinajstić information content (AvgIpc) is 1.96. The van der Waals surface area contributed by atoms with E-state index in [1.807, 2.05) is 0 Å². The molecule has 6 nitrogen and oxygen atoms in total. The Labute approximate surface area is 69.1 Å². The molecule has 0 aromatic heterocycles. The van der Waals surface area contributed by atoms with Crippen LogP contribution in [0, 0.1) is 0 Å². The van der Waals surface area contributed by atoms with Gasteiger partial charge in [0.2, 0.25) is 6.23 Å². The predicted octanol–water partition coefficient (Wildman–Crippen LogP) is -0.892. The smallest absolute Gasteiger partial charge is 0.348 e. The van der Waals surface area contributed by atoms with Crippen LogP contribution in [0.4, 0.5) is 0 Å².